The number of nitrogens with zero attached hydrogens (tertiary/aromatic N) is 2. The van der Waals surface area contributed by atoms with Crippen LogP contribution in [0.5, 0.6) is 5.75 Å². The van der Waals surface area contributed by atoms with Crippen LogP contribution in [0.4, 0.5) is 0 Å². The van der Waals surface area contributed by atoms with Gasteiger partial charge in [0.1, 0.15) is 0 Å². The van der Waals surface area contributed by atoms with Gasteiger partial charge in [0, 0.05) is 6.54 Å². The molecular formula is C16H27N3O. The van der Waals surface area contributed by atoms with E-state index < -0.39 is 0 Å². The Kier molecular flexibility index (Phi) is 4.01. The molecule has 3 rings (SSSR count). The van der Waals surface area contributed by atoms with Crippen LogP contribution in [0.25, 0.3) is 0 Å². The van der Waals surface area contributed by atoms with Crippen LogP contribution in [0, 0.1) is 17.8 Å². The Morgan fingerprint density at radius 1 is 1.40 bits per heavy atom. The smallest absolute Gasteiger partial charge is 0.161 e. The van der Waals surface area contributed by atoms with Crippen molar-refractivity contribution >= 4 is 0 Å². The van der Waals surface area contributed by atoms with E-state index in [2.05, 4.69) is 28.9 Å². The van der Waals surface area contributed by atoms with Gasteiger partial charge in [0.15, 0.2) is 5.75 Å². The molecule has 2 bridgehead atoms. The molecule has 1 N–H and O–H groups in total. The van der Waals surface area contributed by atoms with Gasteiger partial charge in [-0.05, 0) is 50.5 Å². The first kappa shape index (κ1) is 13.9. The topological polar surface area (TPSA) is 39.1 Å². The molecule has 0 aromatic carbocycles. The molecule has 0 aliphatic heterocycles. The SMILES string of the molecule is CCNC(c1c(OC)cnn1CC)C1CC2CCC1C2. The molecule has 4 nitrogen and oxygen atoms in total. The summed E-state index contributed by atoms with van der Waals surface area (Å²) in [4.78, 5) is 0. The van der Waals surface area contributed by atoms with Crippen LogP contribution < -0.4 is 10.1 Å². The summed E-state index contributed by atoms with van der Waals surface area (Å²) < 4.78 is 7.68. The Morgan fingerprint density at radius 3 is 2.80 bits per heavy atom. The summed E-state index contributed by atoms with van der Waals surface area (Å²) in [5.74, 6) is 3.56. The van der Waals surface area contributed by atoms with Crippen molar-refractivity contribution in [2.45, 2.75) is 52.1 Å². The van der Waals surface area contributed by atoms with Crippen molar-refractivity contribution in [1.29, 1.82) is 0 Å². The molecule has 1 aromatic heterocycles. The zero-order valence-corrected chi connectivity index (χ0v) is 12.9. The fourth-order valence-corrected chi connectivity index (χ4v) is 4.47. The maximum Gasteiger partial charge on any atom is 0.161 e. The van der Waals surface area contributed by atoms with Gasteiger partial charge >= 0.3 is 0 Å². The van der Waals surface area contributed by atoms with Gasteiger partial charge < -0.3 is 10.1 Å². The Labute approximate surface area is 121 Å². The van der Waals surface area contributed by atoms with Crippen molar-refractivity contribution in [3.8, 4) is 5.75 Å². The molecule has 0 radical (unpaired) electrons. The lowest BCUT2D eigenvalue weighted by Crippen LogP contribution is -2.33. The Hall–Kier alpha value is -1.03. The van der Waals surface area contributed by atoms with Crippen LogP contribution >= 0.6 is 0 Å². The number of ether oxygens (including phenoxy) is 1. The molecule has 1 aromatic rings. The second-order valence-electron chi connectivity index (χ2n) is 6.29. The van der Waals surface area contributed by atoms with Crippen LogP contribution in [0.15, 0.2) is 6.20 Å². The third kappa shape index (κ3) is 2.24. The molecule has 1 heterocycles. The third-order valence-corrected chi connectivity index (χ3v) is 5.30. The molecule has 0 saturated heterocycles. The number of hydrogen-bond acceptors (Lipinski definition) is 3. The Balaban J connectivity index is 1.92. The lowest BCUT2D eigenvalue weighted by Gasteiger charge is -2.32. The number of aryl methyl sites for hydroxylation is 1. The highest BCUT2D eigenvalue weighted by molar-refractivity contribution is 5.29. The molecular weight excluding hydrogens is 250 g/mol. The van der Waals surface area contributed by atoms with E-state index in [9.17, 15) is 0 Å². The van der Waals surface area contributed by atoms with Gasteiger partial charge in [-0.1, -0.05) is 13.3 Å². The van der Waals surface area contributed by atoms with E-state index in [1.807, 2.05) is 6.20 Å². The summed E-state index contributed by atoms with van der Waals surface area (Å²) in [6, 6.07) is 0.396. The first-order chi connectivity index (χ1) is 9.78. The van der Waals surface area contributed by atoms with Crippen molar-refractivity contribution in [3.05, 3.63) is 11.9 Å². The maximum atomic E-state index is 5.57. The van der Waals surface area contributed by atoms with E-state index in [1.54, 1.807) is 7.11 Å². The van der Waals surface area contributed by atoms with Gasteiger partial charge in [0.05, 0.1) is 25.0 Å². The van der Waals surface area contributed by atoms with Gasteiger partial charge in [-0.3, -0.25) is 4.68 Å². The van der Waals surface area contributed by atoms with Crippen molar-refractivity contribution in [2.24, 2.45) is 17.8 Å². The molecule has 4 unspecified atom stereocenters. The minimum absolute atomic E-state index is 0.396. The lowest BCUT2D eigenvalue weighted by atomic mass is 9.81. The van der Waals surface area contributed by atoms with Crippen LogP contribution in [-0.4, -0.2) is 23.4 Å². The van der Waals surface area contributed by atoms with E-state index in [-0.39, 0.29) is 0 Å². The van der Waals surface area contributed by atoms with E-state index >= 15 is 0 Å². The predicted octanol–water partition coefficient (Wildman–Crippen LogP) is 3.00. The predicted molar refractivity (Wildman–Crippen MR) is 79.8 cm³/mol. The van der Waals surface area contributed by atoms with Crippen molar-refractivity contribution < 1.29 is 4.74 Å². The van der Waals surface area contributed by atoms with Crippen LogP contribution in [-0.2, 0) is 6.54 Å². The Bertz CT molecular complexity index is 435. The summed E-state index contributed by atoms with van der Waals surface area (Å²) in [7, 11) is 1.75. The van der Waals surface area contributed by atoms with Crippen molar-refractivity contribution in [1.82, 2.24) is 15.1 Å². The van der Waals surface area contributed by atoms with E-state index in [1.165, 1.54) is 31.4 Å². The average molecular weight is 277 g/mol. The minimum atomic E-state index is 0.396. The zero-order valence-electron chi connectivity index (χ0n) is 12.9. The van der Waals surface area contributed by atoms with Crippen LogP contribution in [0.2, 0.25) is 0 Å². The molecule has 0 amide bonds. The molecule has 112 valence electrons. The van der Waals surface area contributed by atoms with E-state index in [4.69, 9.17) is 4.74 Å². The van der Waals surface area contributed by atoms with Gasteiger partial charge in [-0.15, -0.1) is 0 Å². The highest BCUT2D eigenvalue weighted by Gasteiger charge is 2.44. The molecule has 2 fully saturated rings. The largest absolute Gasteiger partial charge is 0.493 e. The van der Waals surface area contributed by atoms with Gasteiger partial charge in [0.25, 0.3) is 0 Å². The molecule has 4 atom stereocenters. The molecule has 2 aliphatic rings. The quantitative estimate of drug-likeness (QED) is 0.869. The number of rotatable bonds is 6. The fraction of sp³-hybridized carbons (Fsp3) is 0.812. The van der Waals surface area contributed by atoms with Crippen molar-refractivity contribution in [2.75, 3.05) is 13.7 Å². The standard InChI is InChI=1S/C16H27N3O/c1-4-17-15(13-9-11-6-7-12(13)8-11)16-14(20-3)10-18-19(16)5-2/h10-13,15,17H,4-9H2,1-3H3. The first-order valence-electron chi connectivity index (χ1n) is 8.11. The normalized spacial score (nSPS) is 29.9. The summed E-state index contributed by atoms with van der Waals surface area (Å²) in [5, 5.41) is 8.21. The second-order valence-corrected chi connectivity index (χ2v) is 6.29. The van der Waals surface area contributed by atoms with Crippen LogP contribution in [0.3, 0.4) is 0 Å². The molecule has 20 heavy (non-hydrogen) atoms. The summed E-state index contributed by atoms with van der Waals surface area (Å²) in [6.45, 7) is 6.25. The molecule has 0 spiro atoms. The number of nitrogens with one attached hydrogen (secondary N) is 1. The average Bonchev–Trinajstić information content (AvgIpc) is 3.18. The number of hydrogen-bond donors (Lipinski definition) is 1. The number of fused-ring (bicyclic) bond motifs is 2. The molecule has 4 heteroatoms. The Morgan fingerprint density at radius 2 is 2.25 bits per heavy atom. The monoisotopic (exact) mass is 277 g/mol. The summed E-state index contributed by atoms with van der Waals surface area (Å²) in [6.07, 6.45) is 7.55. The highest BCUT2D eigenvalue weighted by Crippen LogP contribution is 2.53. The molecule has 2 saturated carbocycles. The van der Waals surface area contributed by atoms with E-state index in [0.717, 1.165) is 36.6 Å². The summed E-state index contributed by atoms with van der Waals surface area (Å²) in [5.41, 5.74) is 1.26. The molecule has 2 aliphatic carbocycles. The fourth-order valence-electron chi connectivity index (χ4n) is 4.47. The second kappa shape index (κ2) is 5.76. The minimum Gasteiger partial charge on any atom is -0.493 e. The third-order valence-electron chi connectivity index (χ3n) is 5.30. The zero-order chi connectivity index (χ0) is 14.1. The number of methoxy groups -OCH3 is 1. The highest BCUT2D eigenvalue weighted by atomic mass is 16.5. The van der Waals surface area contributed by atoms with Gasteiger partial charge in [-0.2, -0.15) is 5.10 Å². The summed E-state index contributed by atoms with van der Waals surface area (Å²) >= 11 is 0. The first-order valence-corrected chi connectivity index (χ1v) is 8.11. The number of aromatic nitrogens is 2. The van der Waals surface area contributed by atoms with Gasteiger partial charge in [0.2, 0.25) is 0 Å². The van der Waals surface area contributed by atoms with Crippen LogP contribution in [0.1, 0.15) is 51.3 Å². The maximum absolute atomic E-state index is 5.57. The lowest BCUT2D eigenvalue weighted by molar-refractivity contribution is 0.238. The van der Waals surface area contributed by atoms with Crippen molar-refractivity contribution in [3.63, 3.8) is 0 Å². The van der Waals surface area contributed by atoms with Gasteiger partial charge in [-0.25, -0.2) is 0 Å². The van der Waals surface area contributed by atoms with E-state index in [0.29, 0.717) is 6.04 Å².